The maximum Gasteiger partial charge on any atom is 1.00 e. The van der Waals surface area contributed by atoms with Crippen molar-refractivity contribution in [3.63, 3.8) is 0 Å². The number of allylic oxidation sites excluding steroid dienone is 2. The molecule has 0 spiro atoms. The standard InChI is InChI=1S/C24H31NO10S2.2Na/c1-24(2)15-19(26)23(37(32,33)34)22-18(24)13-16-8-9-17(14-20(16)35-22)25(11-6-12-36(29,30)31)10-5-3-4-7-21(27)28;;/h8-9,13-14H,3-7,10-12,15H2,1-2H3,(H,27,28)(H,29,30,31)(H,32,33,34);;/q;2*+1/p-2. The van der Waals surface area contributed by atoms with Crippen LogP contribution < -0.4 is 68.8 Å². The second kappa shape index (κ2) is 14.4. The van der Waals surface area contributed by atoms with E-state index in [4.69, 9.17) is 9.84 Å². The number of fused-ring (bicyclic) bond motifs is 2. The van der Waals surface area contributed by atoms with Gasteiger partial charge in [-0.25, -0.2) is 16.8 Å². The molecule has 2 aliphatic rings. The maximum absolute atomic E-state index is 12.5. The number of nitrogens with zero attached hydrogens (tertiary/aromatic N) is 1. The molecule has 0 atom stereocenters. The molecule has 0 unspecified atom stereocenters. The molecule has 204 valence electrons. The van der Waals surface area contributed by atoms with Crippen molar-refractivity contribution in [2.45, 2.75) is 52.4 Å². The summed E-state index contributed by atoms with van der Waals surface area (Å²) in [4.78, 5) is 24.2. The second-order valence-electron chi connectivity index (χ2n) is 9.79. The van der Waals surface area contributed by atoms with Gasteiger partial charge in [0.05, 0.1) is 10.1 Å². The average Bonchev–Trinajstić information content (AvgIpc) is 2.74. The minimum absolute atomic E-state index is 0. The van der Waals surface area contributed by atoms with Crippen molar-refractivity contribution in [1.82, 2.24) is 0 Å². The second-order valence-corrected chi connectivity index (χ2v) is 12.6. The minimum Gasteiger partial charge on any atom is -0.748 e. The fourth-order valence-corrected chi connectivity index (χ4v) is 5.71. The smallest absolute Gasteiger partial charge is 0.748 e. The minimum atomic E-state index is -5.10. The van der Waals surface area contributed by atoms with Gasteiger partial charge in [0, 0.05) is 60.0 Å². The van der Waals surface area contributed by atoms with Crippen molar-refractivity contribution in [2.24, 2.45) is 5.41 Å². The van der Waals surface area contributed by atoms with Crippen LogP contribution in [-0.4, -0.2) is 61.6 Å². The van der Waals surface area contributed by atoms with Crippen LogP contribution in [0, 0.1) is 5.41 Å². The zero-order valence-electron chi connectivity index (χ0n) is 22.6. The zero-order chi connectivity index (χ0) is 27.6. The summed E-state index contributed by atoms with van der Waals surface area (Å²) in [6, 6.07) is 5.09. The first kappa shape index (κ1) is 36.3. The number of carboxylic acid groups (broad SMARTS) is 1. The van der Waals surface area contributed by atoms with E-state index in [9.17, 15) is 35.5 Å². The van der Waals surface area contributed by atoms with E-state index >= 15 is 0 Å². The van der Waals surface area contributed by atoms with Gasteiger partial charge in [0.15, 0.2) is 11.5 Å². The third-order valence-corrected chi connectivity index (χ3v) is 8.00. The van der Waals surface area contributed by atoms with E-state index in [1.165, 1.54) is 0 Å². The Hall–Kier alpha value is -0.740. The summed E-state index contributed by atoms with van der Waals surface area (Å²) in [6.45, 7) is 4.16. The number of Topliss-reactive ketones (excluding diaryl/α,β-unsaturated/α-hetero) is 1. The molecule has 1 N–H and O–H groups in total. The first-order valence-corrected chi connectivity index (χ1v) is 14.8. The topological polar surface area (TPSA) is 181 Å². The van der Waals surface area contributed by atoms with Crippen molar-refractivity contribution >= 4 is 43.8 Å². The fraction of sp³-hybridized carbons (Fsp3) is 0.500. The summed E-state index contributed by atoms with van der Waals surface area (Å²) in [6.07, 6.45) is 3.32. The summed E-state index contributed by atoms with van der Waals surface area (Å²) in [7, 11) is -9.50. The van der Waals surface area contributed by atoms with Gasteiger partial charge in [-0.3, -0.25) is 9.59 Å². The van der Waals surface area contributed by atoms with E-state index in [2.05, 4.69) is 0 Å². The molecule has 0 fully saturated rings. The van der Waals surface area contributed by atoms with Crippen LogP contribution >= 0.6 is 0 Å². The molecule has 0 bridgehead atoms. The Kier molecular flexibility index (Phi) is 13.4. The molecule has 1 heterocycles. The quantitative estimate of drug-likeness (QED) is 0.143. The van der Waals surface area contributed by atoms with Crippen LogP contribution in [0.3, 0.4) is 0 Å². The predicted molar refractivity (Wildman–Crippen MR) is 133 cm³/mol. The van der Waals surface area contributed by atoms with E-state index in [0.717, 1.165) is 0 Å². The van der Waals surface area contributed by atoms with Crippen molar-refractivity contribution in [3.8, 4) is 5.75 Å². The van der Waals surface area contributed by atoms with Crippen molar-refractivity contribution in [1.29, 1.82) is 0 Å². The van der Waals surface area contributed by atoms with Gasteiger partial charge in [-0.05, 0) is 37.5 Å². The monoisotopic (exact) mass is 601 g/mol. The van der Waals surface area contributed by atoms with E-state index in [0.29, 0.717) is 42.6 Å². The molecule has 1 aromatic rings. The number of carboxylic acids is 1. The van der Waals surface area contributed by atoms with Crippen LogP contribution in [0.25, 0.3) is 6.08 Å². The summed E-state index contributed by atoms with van der Waals surface area (Å²) in [5.41, 5.74) is 0.863. The molecule has 39 heavy (non-hydrogen) atoms. The number of ether oxygens (including phenoxy) is 1. The van der Waals surface area contributed by atoms with Crippen LogP contribution in [0.5, 0.6) is 5.75 Å². The van der Waals surface area contributed by atoms with E-state index in [1.54, 1.807) is 38.1 Å². The Morgan fingerprint density at radius 3 is 2.28 bits per heavy atom. The van der Waals surface area contributed by atoms with Crippen LogP contribution in [0.15, 0.2) is 34.4 Å². The Morgan fingerprint density at radius 1 is 1.05 bits per heavy atom. The Morgan fingerprint density at radius 2 is 1.69 bits per heavy atom. The molecule has 1 aliphatic heterocycles. The average molecular weight is 602 g/mol. The molecule has 0 saturated carbocycles. The Bertz CT molecular complexity index is 1370. The SMILES string of the molecule is CC1(C)CC(=O)C(S(=O)(=O)[O-])=C2Oc3cc(N(CCCCCC(=O)O)CCCS(=O)(=O)[O-])ccc3C=C21.[Na+].[Na+]. The van der Waals surface area contributed by atoms with E-state index in [1.807, 2.05) is 4.90 Å². The van der Waals surface area contributed by atoms with Gasteiger partial charge < -0.3 is 23.8 Å². The summed E-state index contributed by atoms with van der Waals surface area (Å²) in [5, 5.41) is 8.81. The Labute approximate surface area is 273 Å². The third-order valence-electron chi connectivity index (χ3n) is 6.30. The number of unbranched alkanes of at least 4 members (excludes halogenated alkanes) is 2. The molecule has 0 saturated heterocycles. The van der Waals surface area contributed by atoms with Crippen LogP contribution in [-0.2, 0) is 29.8 Å². The molecular formula is C24H29NNa2O10S2. The van der Waals surface area contributed by atoms with E-state index in [-0.39, 0.29) is 96.4 Å². The van der Waals surface area contributed by atoms with Gasteiger partial charge in [0.2, 0.25) is 0 Å². The van der Waals surface area contributed by atoms with Crippen molar-refractivity contribution in [3.05, 3.63) is 40.0 Å². The van der Waals surface area contributed by atoms with Gasteiger partial charge >= 0.3 is 65.1 Å². The van der Waals surface area contributed by atoms with Crippen molar-refractivity contribution in [2.75, 3.05) is 23.7 Å². The number of ketones is 1. The number of benzene rings is 1. The number of rotatable bonds is 12. The molecular weight excluding hydrogens is 572 g/mol. The fourth-order valence-electron chi connectivity index (χ4n) is 4.50. The maximum atomic E-state index is 12.5. The van der Waals surface area contributed by atoms with Gasteiger partial charge in [-0.1, -0.05) is 20.3 Å². The van der Waals surface area contributed by atoms with Gasteiger partial charge in [0.1, 0.15) is 20.8 Å². The van der Waals surface area contributed by atoms with Gasteiger partial charge in [0.25, 0.3) is 0 Å². The Balaban J connectivity index is 0.00000380. The number of anilines is 1. The van der Waals surface area contributed by atoms with Crippen LogP contribution in [0.2, 0.25) is 0 Å². The zero-order valence-corrected chi connectivity index (χ0v) is 28.2. The number of hydrogen-bond donors (Lipinski definition) is 1. The van der Waals surface area contributed by atoms with Gasteiger partial charge in [-0.15, -0.1) is 0 Å². The van der Waals surface area contributed by atoms with Crippen LogP contribution in [0.4, 0.5) is 5.69 Å². The van der Waals surface area contributed by atoms with Gasteiger partial charge in [-0.2, -0.15) is 0 Å². The van der Waals surface area contributed by atoms with Crippen LogP contribution in [0.1, 0.15) is 57.9 Å². The number of carbonyl (C=O) groups excluding carboxylic acids is 1. The largest absolute Gasteiger partial charge is 1.00 e. The van der Waals surface area contributed by atoms with E-state index < -0.39 is 48.1 Å². The predicted octanol–water partition coefficient (Wildman–Crippen LogP) is -3.39. The molecule has 1 aliphatic carbocycles. The van der Waals surface area contributed by atoms with Crippen molar-refractivity contribution < 1.29 is 104 Å². The molecule has 0 aromatic heterocycles. The molecule has 11 nitrogen and oxygen atoms in total. The molecule has 1 aromatic carbocycles. The number of aliphatic carboxylic acids is 1. The number of hydrogen-bond acceptors (Lipinski definition) is 10. The normalized spacial score (nSPS) is 16.1. The molecule has 0 radical (unpaired) electrons. The first-order chi connectivity index (χ1) is 17.1. The summed E-state index contributed by atoms with van der Waals surface area (Å²) in [5.74, 6) is -2.32. The third kappa shape index (κ3) is 9.94. The molecule has 15 heteroatoms. The molecule has 0 amide bonds. The first-order valence-electron chi connectivity index (χ1n) is 11.8. The number of carbonyl (C=O) groups is 2. The summed E-state index contributed by atoms with van der Waals surface area (Å²) >= 11 is 0. The summed E-state index contributed by atoms with van der Waals surface area (Å²) < 4.78 is 74.8. The molecule has 3 rings (SSSR count).